The van der Waals surface area contributed by atoms with Crippen molar-refractivity contribution in [1.29, 1.82) is 5.26 Å². The van der Waals surface area contributed by atoms with Crippen molar-refractivity contribution in [3.8, 4) is 6.07 Å². The van der Waals surface area contributed by atoms with E-state index in [2.05, 4.69) is 40.3 Å². The minimum Gasteiger partial charge on any atom is -0.379 e. The van der Waals surface area contributed by atoms with E-state index in [1.165, 1.54) is 0 Å². The number of nitriles is 1. The fraction of sp³-hybridized carbons (Fsp3) is 0.423. The van der Waals surface area contributed by atoms with Crippen molar-refractivity contribution in [3.05, 3.63) is 47.8 Å². The van der Waals surface area contributed by atoms with Gasteiger partial charge in [-0.05, 0) is 45.4 Å². The van der Waals surface area contributed by atoms with E-state index in [1.807, 2.05) is 43.1 Å². The first-order valence-electron chi connectivity index (χ1n) is 12.3. The highest BCUT2D eigenvalue weighted by Crippen LogP contribution is 2.30. The van der Waals surface area contributed by atoms with Crippen LogP contribution < -0.4 is 10.2 Å². The monoisotopic (exact) mass is 485 g/mol. The van der Waals surface area contributed by atoms with Crippen LogP contribution in [0.4, 0.5) is 11.8 Å². The van der Waals surface area contributed by atoms with Crippen molar-refractivity contribution in [1.82, 2.24) is 29.6 Å². The Morgan fingerprint density at radius 1 is 1.03 bits per heavy atom. The number of piperazine rings is 1. The van der Waals surface area contributed by atoms with E-state index in [9.17, 15) is 10.4 Å². The third-order valence-electron chi connectivity index (χ3n) is 6.72. The molecule has 0 radical (unpaired) electrons. The zero-order valence-corrected chi connectivity index (χ0v) is 21.0. The Kier molecular flexibility index (Phi) is 6.43. The maximum absolute atomic E-state index is 9.95. The van der Waals surface area contributed by atoms with Crippen molar-refractivity contribution in [2.24, 2.45) is 0 Å². The van der Waals surface area contributed by atoms with Gasteiger partial charge in [-0.25, -0.2) is 9.67 Å². The largest absolute Gasteiger partial charge is 0.379 e. The SMILES string of the molecule is CC(O)N1CCN(c2nc(N[C@H](C)c3cnc4ccccc4c3)c3nn(C(C)C)c(C#N)c3n2)CC1. The number of nitrogens with one attached hydrogen (secondary N) is 1. The van der Waals surface area contributed by atoms with Gasteiger partial charge in [-0.2, -0.15) is 15.3 Å². The van der Waals surface area contributed by atoms with Gasteiger partial charge in [0, 0.05) is 43.8 Å². The van der Waals surface area contributed by atoms with E-state index in [0.717, 1.165) is 16.5 Å². The van der Waals surface area contributed by atoms with Crippen molar-refractivity contribution < 1.29 is 5.11 Å². The minimum atomic E-state index is -0.487. The van der Waals surface area contributed by atoms with Gasteiger partial charge >= 0.3 is 0 Å². The number of fused-ring (bicyclic) bond motifs is 2. The molecule has 2 atom stereocenters. The summed E-state index contributed by atoms with van der Waals surface area (Å²) in [6.07, 6.45) is 1.39. The van der Waals surface area contributed by atoms with Gasteiger partial charge in [-0.3, -0.25) is 9.88 Å². The normalized spacial score (nSPS) is 16.4. The first kappa shape index (κ1) is 23.9. The van der Waals surface area contributed by atoms with Crippen LogP contribution in [-0.4, -0.2) is 67.1 Å². The van der Waals surface area contributed by atoms with Gasteiger partial charge in [0.05, 0.1) is 11.6 Å². The summed E-state index contributed by atoms with van der Waals surface area (Å²) in [6.45, 7) is 10.6. The highest BCUT2D eigenvalue weighted by molar-refractivity contribution is 5.90. The minimum absolute atomic E-state index is 0.00171. The summed E-state index contributed by atoms with van der Waals surface area (Å²) in [5.74, 6) is 1.14. The molecule has 0 aliphatic carbocycles. The molecule has 4 aromatic rings. The summed E-state index contributed by atoms with van der Waals surface area (Å²) in [7, 11) is 0. The molecule has 10 nitrogen and oxygen atoms in total. The van der Waals surface area contributed by atoms with Crippen LogP contribution in [0.2, 0.25) is 0 Å². The molecule has 5 rings (SSSR count). The van der Waals surface area contributed by atoms with Crippen LogP contribution in [0.25, 0.3) is 21.9 Å². The van der Waals surface area contributed by atoms with Crippen LogP contribution in [-0.2, 0) is 0 Å². The number of aromatic nitrogens is 5. The first-order chi connectivity index (χ1) is 17.4. The Hall–Kier alpha value is -3.81. The molecule has 0 spiro atoms. The molecule has 3 aromatic heterocycles. The van der Waals surface area contributed by atoms with Crippen LogP contribution in [0.3, 0.4) is 0 Å². The van der Waals surface area contributed by atoms with E-state index in [0.29, 0.717) is 54.7 Å². The lowest BCUT2D eigenvalue weighted by molar-refractivity contribution is 0.0151. The fourth-order valence-electron chi connectivity index (χ4n) is 4.60. The molecule has 0 saturated carbocycles. The van der Waals surface area contributed by atoms with Crippen LogP contribution >= 0.6 is 0 Å². The van der Waals surface area contributed by atoms with Crippen LogP contribution in [0, 0.1) is 11.3 Å². The number of benzene rings is 1. The number of hydrogen-bond acceptors (Lipinski definition) is 9. The summed E-state index contributed by atoms with van der Waals surface area (Å²) in [4.78, 5) is 18.4. The molecule has 2 N–H and O–H groups in total. The van der Waals surface area contributed by atoms with E-state index < -0.39 is 6.23 Å². The smallest absolute Gasteiger partial charge is 0.228 e. The zero-order chi connectivity index (χ0) is 25.4. The highest BCUT2D eigenvalue weighted by atomic mass is 16.3. The molecular formula is C26H31N9O. The molecule has 1 fully saturated rings. The first-order valence-corrected chi connectivity index (χ1v) is 12.3. The van der Waals surface area contributed by atoms with E-state index in [-0.39, 0.29) is 12.1 Å². The zero-order valence-electron chi connectivity index (χ0n) is 21.0. The standard InChI is InChI=1S/C26H31N9O/c1-16(2)35-22(14-27)23-24(32-35)25(31-26(30-23)34-11-9-33(10-12-34)18(4)36)29-17(3)20-13-19-7-5-6-8-21(19)28-15-20/h5-8,13,15-18,36H,9-12H2,1-4H3,(H,29,30,31)/t17-,18?/m1/s1. The molecular weight excluding hydrogens is 454 g/mol. The van der Waals surface area contributed by atoms with Crippen molar-refractivity contribution >= 4 is 33.7 Å². The molecule has 1 aromatic carbocycles. The third-order valence-corrected chi connectivity index (χ3v) is 6.72. The third kappa shape index (κ3) is 4.43. The van der Waals surface area contributed by atoms with Crippen LogP contribution in [0.1, 0.15) is 51.0 Å². The van der Waals surface area contributed by atoms with Crippen molar-refractivity contribution in [2.75, 3.05) is 36.4 Å². The predicted molar refractivity (Wildman–Crippen MR) is 140 cm³/mol. The lowest BCUT2D eigenvalue weighted by Gasteiger charge is -2.36. The van der Waals surface area contributed by atoms with Crippen molar-refractivity contribution in [3.63, 3.8) is 0 Å². The number of aliphatic hydroxyl groups excluding tert-OH is 1. The molecule has 1 unspecified atom stereocenters. The van der Waals surface area contributed by atoms with Gasteiger partial charge < -0.3 is 15.3 Å². The topological polar surface area (TPSA) is 119 Å². The summed E-state index contributed by atoms with van der Waals surface area (Å²) < 4.78 is 1.71. The lowest BCUT2D eigenvalue weighted by atomic mass is 10.1. The molecule has 0 bridgehead atoms. The average molecular weight is 486 g/mol. The second-order valence-corrected chi connectivity index (χ2v) is 9.55. The van der Waals surface area contributed by atoms with Gasteiger partial charge in [0.2, 0.25) is 5.95 Å². The predicted octanol–water partition coefficient (Wildman–Crippen LogP) is 3.46. The number of para-hydroxylation sites is 1. The second-order valence-electron chi connectivity index (χ2n) is 9.55. The van der Waals surface area contributed by atoms with E-state index in [4.69, 9.17) is 15.1 Å². The highest BCUT2D eigenvalue weighted by Gasteiger charge is 2.26. The Morgan fingerprint density at radius 3 is 2.47 bits per heavy atom. The van der Waals surface area contributed by atoms with Crippen LogP contribution in [0.15, 0.2) is 36.5 Å². The summed E-state index contributed by atoms with van der Waals surface area (Å²) in [6, 6.07) is 12.4. The molecule has 1 aliphatic rings. The number of pyridine rings is 1. The van der Waals surface area contributed by atoms with Gasteiger partial charge in [-0.15, -0.1) is 0 Å². The van der Waals surface area contributed by atoms with Crippen LogP contribution in [0.5, 0.6) is 0 Å². The Balaban J connectivity index is 1.54. The Bertz CT molecular complexity index is 1430. The van der Waals surface area contributed by atoms with E-state index in [1.54, 1.807) is 11.6 Å². The number of nitrogens with zero attached hydrogens (tertiary/aromatic N) is 8. The van der Waals surface area contributed by atoms with Crippen molar-refractivity contribution in [2.45, 2.75) is 46.0 Å². The maximum atomic E-state index is 9.95. The lowest BCUT2D eigenvalue weighted by Crippen LogP contribution is -2.50. The molecule has 0 amide bonds. The van der Waals surface area contributed by atoms with E-state index >= 15 is 0 Å². The van der Waals surface area contributed by atoms with Gasteiger partial charge in [0.1, 0.15) is 17.8 Å². The number of anilines is 2. The summed E-state index contributed by atoms with van der Waals surface area (Å²) >= 11 is 0. The Morgan fingerprint density at radius 2 is 1.78 bits per heavy atom. The molecule has 4 heterocycles. The molecule has 1 aliphatic heterocycles. The fourth-order valence-corrected chi connectivity index (χ4v) is 4.60. The average Bonchev–Trinajstić information content (AvgIpc) is 3.27. The maximum Gasteiger partial charge on any atom is 0.228 e. The molecule has 186 valence electrons. The Labute approximate surface area is 210 Å². The molecule has 1 saturated heterocycles. The number of aliphatic hydroxyl groups is 1. The van der Waals surface area contributed by atoms with Gasteiger partial charge in [-0.1, -0.05) is 18.2 Å². The van der Waals surface area contributed by atoms with Gasteiger partial charge in [0.25, 0.3) is 0 Å². The quantitative estimate of drug-likeness (QED) is 0.423. The number of hydrogen-bond donors (Lipinski definition) is 2. The summed E-state index contributed by atoms with van der Waals surface area (Å²) in [5, 5.41) is 29.2. The molecule has 10 heteroatoms. The van der Waals surface area contributed by atoms with Gasteiger partial charge in [0.15, 0.2) is 17.0 Å². The molecule has 36 heavy (non-hydrogen) atoms. The summed E-state index contributed by atoms with van der Waals surface area (Å²) in [5.41, 5.74) is 3.52. The second kappa shape index (κ2) is 9.68. The number of rotatable bonds is 6.